The van der Waals surface area contributed by atoms with Crippen LogP contribution in [0, 0.1) is 0 Å². The quantitative estimate of drug-likeness (QED) is 0.651. The van der Waals surface area contributed by atoms with Crippen molar-refractivity contribution in [1.29, 1.82) is 0 Å². The number of ketones is 1. The van der Waals surface area contributed by atoms with Gasteiger partial charge in [-0.3, -0.25) is 4.79 Å². The van der Waals surface area contributed by atoms with Crippen LogP contribution in [0.25, 0.3) is 0 Å². The van der Waals surface area contributed by atoms with Gasteiger partial charge in [0.15, 0.2) is 5.78 Å². The van der Waals surface area contributed by atoms with Gasteiger partial charge in [-0.05, 0) is 27.7 Å². The lowest BCUT2D eigenvalue weighted by molar-refractivity contribution is -0.117. The fourth-order valence-electron chi connectivity index (χ4n) is 0.763. The predicted octanol–water partition coefficient (Wildman–Crippen LogP) is 1.91. The molecule has 0 rings (SSSR count). The van der Waals surface area contributed by atoms with Crippen LogP contribution in [0.4, 0.5) is 0 Å². The molecule has 0 atom stereocenters. The Morgan fingerprint density at radius 3 is 2.25 bits per heavy atom. The normalized spacial score (nSPS) is 11.3. The SMILES string of the molecule is C=C(C)CC(=O)CNC(C)(C)C. The average molecular weight is 169 g/mol. The minimum absolute atomic E-state index is 0.0186. The largest absolute Gasteiger partial charge is 0.305 e. The summed E-state index contributed by atoms with van der Waals surface area (Å²) < 4.78 is 0. The second kappa shape index (κ2) is 4.41. The molecule has 0 spiro atoms. The first-order valence-electron chi connectivity index (χ1n) is 4.22. The summed E-state index contributed by atoms with van der Waals surface area (Å²) >= 11 is 0. The van der Waals surface area contributed by atoms with Crippen molar-refractivity contribution in [2.45, 2.75) is 39.7 Å². The number of carbonyl (C=O) groups excluding carboxylic acids is 1. The van der Waals surface area contributed by atoms with Gasteiger partial charge in [-0.25, -0.2) is 0 Å². The molecule has 0 saturated carbocycles. The van der Waals surface area contributed by atoms with E-state index in [1.807, 2.05) is 27.7 Å². The first-order chi connectivity index (χ1) is 5.31. The van der Waals surface area contributed by atoms with Gasteiger partial charge in [-0.15, -0.1) is 0 Å². The Labute approximate surface area is 75.0 Å². The van der Waals surface area contributed by atoms with Crippen molar-refractivity contribution in [1.82, 2.24) is 5.32 Å². The third kappa shape index (κ3) is 7.48. The van der Waals surface area contributed by atoms with Crippen LogP contribution in [0.3, 0.4) is 0 Å². The number of allylic oxidation sites excluding steroid dienone is 1. The molecule has 2 nitrogen and oxygen atoms in total. The second-order valence-electron chi connectivity index (χ2n) is 4.28. The summed E-state index contributed by atoms with van der Waals surface area (Å²) in [6, 6.07) is 0. The van der Waals surface area contributed by atoms with Gasteiger partial charge < -0.3 is 5.32 Å². The van der Waals surface area contributed by atoms with Gasteiger partial charge in [0.1, 0.15) is 0 Å². The van der Waals surface area contributed by atoms with E-state index in [1.54, 1.807) is 0 Å². The molecule has 2 heteroatoms. The number of carbonyl (C=O) groups is 1. The lowest BCUT2D eigenvalue weighted by Crippen LogP contribution is -2.39. The van der Waals surface area contributed by atoms with E-state index in [0.29, 0.717) is 13.0 Å². The smallest absolute Gasteiger partial charge is 0.150 e. The summed E-state index contributed by atoms with van der Waals surface area (Å²) in [6.45, 7) is 12.1. The summed E-state index contributed by atoms with van der Waals surface area (Å²) in [5.41, 5.74) is 0.945. The van der Waals surface area contributed by atoms with Gasteiger partial charge in [0.05, 0.1) is 6.54 Å². The number of nitrogens with one attached hydrogen (secondary N) is 1. The Bertz CT molecular complexity index is 177. The van der Waals surface area contributed by atoms with E-state index in [4.69, 9.17) is 0 Å². The molecule has 0 aromatic heterocycles. The molecule has 0 heterocycles. The predicted molar refractivity (Wildman–Crippen MR) is 52.2 cm³/mol. The zero-order valence-electron chi connectivity index (χ0n) is 8.53. The molecule has 0 aliphatic carbocycles. The molecule has 0 radical (unpaired) electrons. The van der Waals surface area contributed by atoms with Crippen LogP contribution in [-0.2, 0) is 4.79 Å². The van der Waals surface area contributed by atoms with Crippen LogP contribution in [-0.4, -0.2) is 17.9 Å². The van der Waals surface area contributed by atoms with E-state index in [1.165, 1.54) is 0 Å². The highest BCUT2D eigenvalue weighted by molar-refractivity contribution is 5.82. The monoisotopic (exact) mass is 169 g/mol. The molecular weight excluding hydrogens is 150 g/mol. The molecule has 0 aromatic rings. The summed E-state index contributed by atoms with van der Waals surface area (Å²) in [4.78, 5) is 11.2. The second-order valence-corrected chi connectivity index (χ2v) is 4.28. The fourth-order valence-corrected chi connectivity index (χ4v) is 0.763. The van der Waals surface area contributed by atoms with Crippen molar-refractivity contribution in [3.63, 3.8) is 0 Å². The van der Waals surface area contributed by atoms with Crippen molar-refractivity contribution in [3.05, 3.63) is 12.2 Å². The van der Waals surface area contributed by atoms with Crippen LogP contribution in [0.1, 0.15) is 34.1 Å². The molecule has 0 unspecified atom stereocenters. The van der Waals surface area contributed by atoms with Gasteiger partial charge in [-0.1, -0.05) is 12.2 Å². The van der Waals surface area contributed by atoms with Crippen molar-refractivity contribution in [2.24, 2.45) is 0 Å². The zero-order valence-corrected chi connectivity index (χ0v) is 8.53. The molecule has 0 aliphatic heterocycles. The van der Waals surface area contributed by atoms with Gasteiger partial charge in [0.25, 0.3) is 0 Å². The number of Topliss-reactive ketones (excluding diaryl/α,β-unsaturated/α-hetero) is 1. The highest BCUT2D eigenvalue weighted by atomic mass is 16.1. The maximum atomic E-state index is 11.2. The molecular formula is C10H19NO. The highest BCUT2D eigenvalue weighted by Crippen LogP contribution is 2.00. The summed E-state index contributed by atoms with van der Waals surface area (Å²) in [6.07, 6.45) is 0.489. The highest BCUT2D eigenvalue weighted by Gasteiger charge is 2.10. The van der Waals surface area contributed by atoms with E-state index in [0.717, 1.165) is 5.57 Å². The Hall–Kier alpha value is -0.630. The average Bonchev–Trinajstić information content (AvgIpc) is 1.80. The van der Waals surface area contributed by atoms with E-state index >= 15 is 0 Å². The Balaban J connectivity index is 3.65. The Kier molecular flexibility index (Phi) is 4.18. The van der Waals surface area contributed by atoms with Crippen molar-refractivity contribution in [2.75, 3.05) is 6.54 Å². The van der Waals surface area contributed by atoms with Gasteiger partial charge >= 0.3 is 0 Å². The molecule has 0 amide bonds. The van der Waals surface area contributed by atoms with Gasteiger partial charge in [0, 0.05) is 12.0 Å². The first-order valence-corrected chi connectivity index (χ1v) is 4.22. The molecule has 12 heavy (non-hydrogen) atoms. The molecule has 0 bridgehead atoms. The van der Waals surface area contributed by atoms with Gasteiger partial charge in [0.2, 0.25) is 0 Å². The van der Waals surface area contributed by atoms with Crippen molar-refractivity contribution >= 4 is 5.78 Å². The topological polar surface area (TPSA) is 29.1 Å². The van der Waals surface area contributed by atoms with E-state index in [-0.39, 0.29) is 11.3 Å². The first kappa shape index (κ1) is 11.4. The van der Waals surface area contributed by atoms with Crippen LogP contribution < -0.4 is 5.32 Å². The molecule has 1 N–H and O–H groups in total. The van der Waals surface area contributed by atoms with E-state index in [9.17, 15) is 4.79 Å². The summed E-state index contributed by atoms with van der Waals surface area (Å²) in [7, 11) is 0. The van der Waals surface area contributed by atoms with Crippen LogP contribution in [0.2, 0.25) is 0 Å². The van der Waals surface area contributed by atoms with Crippen molar-refractivity contribution < 1.29 is 4.79 Å². The molecule has 70 valence electrons. The number of rotatable bonds is 4. The maximum absolute atomic E-state index is 11.2. The minimum atomic E-state index is 0.0186. The zero-order chi connectivity index (χ0) is 9.78. The Morgan fingerprint density at radius 1 is 1.42 bits per heavy atom. The third-order valence-electron chi connectivity index (χ3n) is 1.31. The summed E-state index contributed by atoms with van der Waals surface area (Å²) in [5, 5.41) is 3.14. The number of hydrogen-bond acceptors (Lipinski definition) is 2. The van der Waals surface area contributed by atoms with Crippen molar-refractivity contribution in [3.8, 4) is 0 Å². The number of hydrogen-bond donors (Lipinski definition) is 1. The molecule has 0 aromatic carbocycles. The standard InChI is InChI=1S/C10H19NO/c1-8(2)6-9(12)7-11-10(3,4)5/h11H,1,6-7H2,2-5H3. The Morgan fingerprint density at radius 2 is 1.92 bits per heavy atom. The van der Waals surface area contributed by atoms with Crippen LogP contribution in [0.15, 0.2) is 12.2 Å². The molecule has 0 saturated heterocycles. The van der Waals surface area contributed by atoms with Gasteiger partial charge in [-0.2, -0.15) is 0 Å². The molecule has 0 aliphatic rings. The minimum Gasteiger partial charge on any atom is -0.305 e. The fraction of sp³-hybridized carbons (Fsp3) is 0.700. The van der Waals surface area contributed by atoms with Crippen LogP contribution >= 0.6 is 0 Å². The van der Waals surface area contributed by atoms with E-state index in [2.05, 4.69) is 11.9 Å². The third-order valence-corrected chi connectivity index (χ3v) is 1.31. The lowest BCUT2D eigenvalue weighted by Gasteiger charge is -2.19. The molecule has 0 fully saturated rings. The summed E-state index contributed by atoms with van der Waals surface area (Å²) in [5.74, 6) is 0.206. The van der Waals surface area contributed by atoms with E-state index < -0.39 is 0 Å². The lowest BCUT2D eigenvalue weighted by atomic mass is 10.1. The maximum Gasteiger partial charge on any atom is 0.150 e. The van der Waals surface area contributed by atoms with Crippen LogP contribution in [0.5, 0.6) is 0 Å².